The van der Waals surface area contributed by atoms with Crippen molar-refractivity contribution in [1.82, 2.24) is 15.2 Å². The van der Waals surface area contributed by atoms with Gasteiger partial charge >= 0.3 is 12.1 Å². The van der Waals surface area contributed by atoms with E-state index >= 15 is 0 Å². The normalized spacial score (nSPS) is 15.3. The van der Waals surface area contributed by atoms with Gasteiger partial charge in [0.05, 0.1) is 11.3 Å². The van der Waals surface area contributed by atoms with Crippen LogP contribution < -0.4 is 16.4 Å². The molecule has 0 spiro atoms. The van der Waals surface area contributed by atoms with Crippen molar-refractivity contribution in [3.8, 4) is 0 Å². The molecule has 0 radical (unpaired) electrons. The number of imide groups is 1. The molecule has 2 aromatic rings. The molecule has 0 aliphatic heterocycles. The van der Waals surface area contributed by atoms with Crippen LogP contribution >= 0.6 is 0 Å². The lowest BCUT2D eigenvalue weighted by Crippen LogP contribution is -2.40. The summed E-state index contributed by atoms with van der Waals surface area (Å²) in [5.41, 5.74) is 8.36. The third-order valence-corrected chi connectivity index (χ3v) is 6.38. The highest BCUT2D eigenvalue weighted by molar-refractivity contribution is 6.11. The van der Waals surface area contributed by atoms with Crippen LogP contribution in [0.4, 0.5) is 10.5 Å². The Balaban J connectivity index is 1.44. The van der Waals surface area contributed by atoms with Gasteiger partial charge in [-0.05, 0) is 69.7 Å². The van der Waals surface area contributed by atoms with Crippen molar-refractivity contribution in [2.75, 3.05) is 12.1 Å². The Kier molecular flexibility index (Phi) is 7.81. The van der Waals surface area contributed by atoms with Crippen molar-refractivity contribution < 1.29 is 28.7 Å². The SMILES string of the molecule is Cc1ccc(C(=O)NC2CC2)cc1NC(=N)c1[nH]cc(C(=O)N(C(=O)OCOC(=O)C(C)N)C2CC2)c1C. The number of nitrogens with two attached hydrogens (primary N) is 1. The van der Waals surface area contributed by atoms with Crippen LogP contribution in [0.1, 0.15) is 70.1 Å². The standard InChI is InChI=1S/C26H32N6O6/c1-13-4-5-16(23(33)30-17-6-7-17)10-20(13)31-22(28)21-14(2)19(11-29-21)24(34)32(18-8-9-18)26(36)38-12-37-25(35)15(3)27/h4-5,10-11,15,17-18,29H,6-9,12,27H2,1-3H3,(H2,28,31)(H,30,33). The molecule has 2 saturated carbocycles. The Morgan fingerprint density at radius 3 is 2.50 bits per heavy atom. The van der Waals surface area contributed by atoms with E-state index in [0.29, 0.717) is 35.3 Å². The summed E-state index contributed by atoms with van der Waals surface area (Å²) in [6.45, 7) is 4.31. The predicted molar refractivity (Wildman–Crippen MR) is 138 cm³/mol. The molecule has 1 aromatic heterocycles. The highest BCUT2D eigenvalue weighted by Gasteiger charge is 2.40. The first-order valence-corrected chi connectivity index (χ1v) is 12.4. The van der Waals surface area contributed by atoms with Crippen molar-refractivity contribution in [3.05, 3.63) is 52.3 Å². The van der Waals surface area contributed by atoms with Gasteiger partial charge < -0.3 is 30.8 Å². The molecule has 6 N–H and O–H groups in total. The van der Waals surface area contributed by atoms with E-state index in [1.807, 2.05) is 6.92 Å². The van der Waals surface area contributed by atoms with Crippen LogP contribution in [0.25, 0.3) is 0 Å². The number of anilines is 1. The number of amides is 3. The summed E-state index contributed by atoms with van der Waals surface area (Å²) < 4.78 is 9.75. The number of esters is 1. The second-order valence-electron chi connectivity index (χ2n) is 9.67. The smallest absolute Gasteiger partial charge is 0.419 e. The number of hydrogen-bond acceptors (Lipinski definition) is 8. The van der Waals surface area contributed by atoms with E-state index in [1.54, 1.807) is 25.1 Å². The van der Waals surface area contributed by atoms with Gasteiger partial charge in [-0.3, -0.25) is 19.8 Å². The van der Waals surface area contributed by atoms with Crippen molar-refractivity contribution >= 4 is 35.4 Å². The first-order valence-electron chi connectivity index (χ1n) is 12.4. The van der Waals surface area contributed by atoms with Gasteiger partial charge in [0, 0.05) is 29.5 Å². The van der Waals surface area contributed by atoms with Gasteiger partial charge in [0.15, 0.2) is 0 Å². The lowest BCUT2D eigenvalue weighted by Gasteiger charge is -2.20. The van der Waals surface area contributed by atoms with Crippen LogP contribution in [0.5, 0.6) is 0 Å². The number of H-pyrrole nitrogens is 1. The molecule has 1 atom stereocenters. The number of nitrogens with one attached hydrogen (secondary N) is 4. The number of aryl methyl sites for hydroxylation is 1. The topological polar surface area (TPSA) is 180 Å². The Morgan fingerprint density at radius 1 is 1.16 bits per heavy atom. The van der Waals surface area contributed by atoms with E-state index in [0.717, 1.165) is 23.3 Å². The van der Waals surface area contributed by atoms with Crippen LogP contribution in [-0.2, 0) is 14.3 Å². The van der Waals surface area contributed by atoms with E-state index in [4.69, 9.17) is 20.6 Å². The summed E-state index contributed by atoms with van der Waals surface area (Å²) >= 11 is 0. The number of benzene rings is 1. The quantitative estimate of drug-likeness (QED) is 0.144. The van der Waals surface area contributed by atoms with E-state index in [9.17, 15) is 19.2 Å². The first kappa shape index (κ1) is 26.9. The Hall–Kier alpha value is -4.19. The molecule has 12 heteroatoms. The lowest BCUT2D eigenvalue weighted by atomic mass is 10.1. The number of aromatic nitrogens is 1. The molecular weight excluding hydrogens is 492 g/mol. The molecule has 4 rings (SSSR count). The molecule has 3 amide bonds. The number of rotatable bonds is 9. The molecule has 2 fully saturated rings. The van der Waals surface area contributed by atoms with Gasteiger partial charge in [-0.25, -0.2) is 9.69 Å². The fraction of sp³-hybridized carbons (Fsp3) is 0.423. The zero-order valence-corrected chi connectivity index (χ0v) is 21.6. The largest absolute Gasteiger partial charge is 0.427 e. The molecule has 1 unspecified atom stereocenters. The van der Waals surface area contributed by atoms with E-state index < -0.39 is 30.8 Å². The number of ether oxygens (including phenoxy) is 2. The lowest BCUT2D eigenvalue weighted by molar-refractivity contribution is -0.153. The molecule has 12 nitrogen and oxygen atoms in total. The minimum absolute atomic E-state index is 0.00670. The fourth-order valence-electron chi connectivity index (χ4n) is 3.77. The second kappa shape index (κ2) is 11.1. The highest BCUT2D eigenvalue weighted by atomic mass is 16.7. The third-order valence-electron chi connectivity index (χ3n) is 6.38. The monoisotopic (exact) mass is 524 g/mol. The minimum atomic E-state index is -0.928. The predicted octanol–water partition coefficient (Wildman–Crippen LogP) is 2.55. The summed E-state index contributed by atoms with van der Waals surface area (Å²) in [6, 6.07) is 4.27. The molecule has 2 aliphatic rings. The number of hydrogen-bond donors (Lipinski definition) is 5. The van der Waals surface area contributed by atoms with Gasteiger partial charge in [-0.2, -0.15) is 0 Å². The van der Waals surface area contributed by atoms with Gasteiger partial charge in [-0.1, -0.05) is 6.07 Å². The molecule has 0 saturated heterocycles. The molecule has 38 heavy (non-hydrogen) atoms. The Bertz CT molecular complexity index is 1280. The summed E-state index contributed by atoms with van der Waals surface area (Å²) in [7, 11) is 0. The minimum Gasteiger partial charge on any atom is -0.427 e. The zero-order valence-electron chi connectivity index (χ0n) is 21.6. The van der Waals surface area contributed by atoms with Crippen molar-refractivity contribution in [2.45, 2.75) is 64.6 Å². The first-order chi connectivity index (χ1) is 18.1. The van der Waals surface area contributed by atoms with Gasteiger partial charge in [0.2, 0.25) is 6.79 Å². The molecular formula is C26H32N6O6. The molecule has 202 valence electrons. The zero-order chi connectivity index (χ0) is 27.6. The van der Waals surface area contributed by atoms with Crippen LogP contribution in [0.3, 0.4) is 0 Å². The summed E-state index contributed by atoms with van der Waals surface area (Å²) in [5.74, 6) is -1.49. The third kappa shape index (κ3) is 6.20. The summed E-state index contributed by atoms with van der Waals surface area (Å²) in [6.07, 6.45) is 3.75. The molecule has 0 bridgehead atoms. The molecule has 2 aliphatic carbocycles. The maximum atomic E-state index is 13.3. The second-order valence-corrected chi connectivity index (χ2v) is 9.67. The van der Waals surface area contributed by atoms with Crippen LogP contribution in [0.15, 0.2) is 24.4 Å². The van der Waals surface area contributed by atoms with E-state index in [2.05, 4.69) is 15.6 Å². The highest BCUT2D eigenvalue weighted by Crippen LogP contribution is 2.30. The number of nitrogens with zero attached hydrogens (tertiary/aromatic N) is 1. The summed E-state index contributed by atoms with van der Waals surface area (Å²) in [5, 5.41) is 14.6. The van der Waals surface area contributed by atoms with Crippen molar-refractivity contribution in [2.24, 2.45) is 5.73 Å². The molecule has 1 heterocycles. The number of amidine groups is 1. The van der Waals surface area contributed by atoms with Crippen LogP contribution in [0.2, 0.25) is 0 Å². The maximum Gasteiger partial charge on any atom is 0.419 e. The van der Waals surface area contributed by atoms with Gasteiger partial charge in [0.25, 0.3) is 11.8 Å². The maximum absolute atomic E-state index is 13.3. The summed E-state index contributed by atoms with van der Waals surface area (Å²) in [4.78, 5) is 53.8. The number of carbonyl (C=O) groups is 4. The Morgan fingerprint density at radius 2 is 1.87 bits per heavy atom. The number of aromatic amines is 1. The average molecular weight is 525 g/mol. The van der Waals surface area contributed by atoms with E-state index in [-0.39, 0.29) is 29.4 Å². The van der Waals surface area contributed by atoms with Gasteiger partial charge in [0.1, 0.15) is 11.9 Å². The number of carbonyl (C=O) groups excluding carboxylic acids is 4. The van der Waals surface area contributed by atoms with Crippen LogP contribution in [0, 0.1) is 19.3 Å². The molecule has 1 aromatic carbocycles. The fourth-order valence-corrected chi connectivity index (χ4v) is 3.77. The van der Waals surface area contributed by atoms with Crippen molar-refractivity contribution in [1.29, 1.82) is 5.41 Å². The van der Waals surface area contributed by atoms with E-state index in [1.165, 1.54) is 13.1 Å². The van der Waals surface area contributed by atoms with Crippen LogP contribution in [-0.4, -0.2) is 64.5 Å². The van der Waals surface area contributed by atoms with Gasteiger partial charge in [-0.15, -0.1) is 0 Å². The Labute approximate surface area is 219 Å². The average Bonchev–Trinajstić information content (AvgIpc) is 3.80. The van der Waals surface area contributed by atoms with Crippen molar-refractivity contribution in [3.63, 3.8) is 0 Å².